The SMILES string of the molecule is Cc1c(C)c(C)c(S(=O)(=O)Oc2ccc(/C=C3\SC(=S)N(CCCC(=O)O)C3=O)cc2)c(C)c1C. The molecule has 1 fully saturated rings. The number of hydrogen-bond acceptors (Lipinski definition) is 7. The van der Waals surface area contributed by atoms with E-state index in [1.54, 1.807) is 32.1 Å². The number of rotatable bonds is 8. The minimum atomic E-state index is -4.05. The van der Waals surface area contributed by atoms with Crippen LogP contribution in [0, 0.1) is 34.6 Å². The van der Waals surface area contributed by atoms with E-state index in [-0.39, 0.29) is 29.5 Å². The molecule has 35 heavy (non-hydrogen) atoms. The number of amides is 1. The summed E-state index contributed by atoms with van der Waals surface area (Å²) in [6, 6.07) is 6.39. The summed E-state index contributed by atoms with van der Waals surface area (Å²) in [6.45, 7) is 9.59. The molecular formula is C25H27NO6S3. The molecule has 0 aliphatic carbocycles. The summed E-state index contributed by atoms with van der Waals surface area (Å²) in [6.07, 6.45) is 1.94. The molecule has 0 saturated carbocycles. The maximum absolute atomic E-state index is 13.1. The smallest absolute Gasteiger partial charge is 0.339 e. The third-order valence-electron chi connectivity index (χ3n) is 6.21. The lowest BCUT2D eigenvalue weighted by molar-refractivity contribution is -0.137. The molecule has 1 saturated heterocycles. The number of hydrogen-bond donors (Lipinski definition) is 1. The standard InChI is InChI=1S/C25H27NO6S3/c1-14-15(2)17(4)23(18(5)16(14)3)35(30,31)32-20-10-8-19(9-11-20)13-21-24(29)26(25(33)34-21)12-6-7-22(27)28/h8-11,13H,6-7,12H2,1-5H3,(H,27,28)/b21-13-. The Kier molecular flexibility index (Phi) is 8.08. The quantitative estimate of drug-likeness (QED) is 0.285. The van der Waals surface area contributed by atoms with Gasteiger partial charge in [-0.05, 0) is 92.6 Å². The van der Waals surface area contributed by atoms with Gasteiger partial charge in [0.1, 0.15) is 15.0 Å². The van der Waals surface area contributed by atoms with Gasteiger partial charge in [-0.2, -0.15) is 8.42 Å². The van der Waals surface area contributed by atoms with Crippen LogP contribution in [0.1, 0.15) is 46.2 Å². The highest BCUT2D eigenvalue weighted by atomic mass is 32.2. The molecule has 2 aromatic carbocycles. The Morgan fingerprint density at radius 3 is 2.11 bits per heavy atom. The zero-order chi connectivity index (χ0) is 26.1. The molecule has 10 heteroatoms. The maximum atomic E-state index is 13.1. The first-order valence-electron chi connectivity index (χ1n) is 10.9. The average molecular weight is 534 g/mol. The number of thioether (sulfide) groups is 1. The molecule has 0 aromatic heterocycles. The Morgan fingerprint density at radius 2 is 1.57 bits per heavy atom. The Bertz CT molecular complexity index is 1320. The largest absolute Gasteiger partial charge is 0.481 e. The third-order valence-corrected chi connectivity index (χ3v) is 9.11. The van der Waals surface area contributed by atoms with Crippen LogP contribution in [0.2, 0.25) is 0 Å². The summed E-state index contributed by atoms with van der Waals surface area (Å²) in [4.78, 5) is 25.4. The Hall–Kier alpha value is -2.69. The van der Waals surface area contributed by atoms with Gasteiger partial charge in [-0.3, -0.25) is 14.5 Å². The molecule has 1 aliphatic rings. The Balaban J connectivity index is 1.78. The van der Waals surface area contributed by atoms with Crippen LogP contribution in [0.25, 0.3) is 6.08 Å². The zero-order valence-electron chi connectivity index (χ0n) is 20.2. The van der Waals surface area contributed by atoms with E-state index in [2.05, 4.69) is 0 Å². The number of carboxylic acids is 1. The second-order valence-electron chi connectivity index (χ2n) is 8.39. The fraction of sp³-hybridized carbons (Fsp3) is 0.320. The van der Waals surface area contributed by atoms with E-state index >= 15 is 0 Å². The summed E-state index contributed by atoms with van der Waals surface area (Å²) >= 11 is 6.41. The van der Waals surface area contributed by atoms with Crippen LogP contribution in [0.4, 0.5) is 0 Å². The van der Waals surface area contributed by atoms with Gasteiger partial charge < -0.3 is 9.29 Å². The molecule has 1 amide bonds. The average Bonchev–Trinajstić information content (AvgIpc) is 3.04. The minimum absolute atomic E-state index is 0.0404. The van der Waals surface area contributed by atoms with E-state index < -0.39 is 16.1 Å². The van der Waals surface area contributed by atoms with Gasteiger partial charge in [0.15, 0.2) is 0 Å². The fourth-order valence-electron chi connectivity index (χ4n) is 3.86. The van der Waals surface area contributed by atoms with Crippen molar-refractivity contribution in [2.45, 2.75) is 52.4 Å². The molecular weight excluding hydrogens is 506 g/mol. The van der Waals surface area contributed by atoms with Crippen molar-refractivity contribution in [1.29, 1.82) is 0 Å². The fourth-order valence-corrected chi connectivity index (χ4v) is 6.67. The molecule has 3 rings (SSSR count). The number of aliphatic carboxylic acids is 1. The molecule has 1 aliphatic heterocycles. The number of nitrogens with zero attached hydrogens (tertiary/aromatic N) is 1. The second-order valence-corrected chi connectivity index (χ2v) is 11.6. The highest BCUT2D eigenvalue weighted by molar-refractivity contribution is 8.26. The number of carboxylic acid groups (broad SMARTS) is 1. The Morgan fingerprint density at radius 1 is 1.03 bits per heavy atom. The summed E-state index contributed by atoms with van der Waals surface area (Å²) in [5.74, 6) is -1.03. The van der Waals surface area contributed by atoms with Gasteiger partial charge >= 0.3 is 16.1 Å². The van der Waals surface area contributed by atoms with Crippen molar-refractivity contribution >= 4 is 56.4 Å². The molecule has 1 heterocycles. The van der Waals surface area contributed by atoms with Crippen LogP contribution in [0.3, 0.4) is 0 Å². The minimum Gasteiger partial charge on any atom is -0.481 e. The molecule has 0 bridgehead atoms. The molecule has 0 radical (unpaired) electrons. The van der Waals surface area contributed by atoms with Crippen LogP contribution in [-0.4, -0.2) is 41.2 Å². The van der Waals surface area contributed by atoms with Crippen molar-refractivity contribution in [3.63, 3.8) is 0 Å². The van der Waals surface area contributed by atoms with E-state index in [9.17, 15) is 18.0 Å². The van der Waals surface area contributed by atoms with E-state index in [1.807, 2.05) is 20.8 Å². The monoisotopic (exact) mass is 533 g/mol. The number of carbonyl (C=O) groups is 2. The molecule has 0 atom stereocenters. The van der Waals surface area contributed by atoms with Gasteiger partial charge in [-0.1, -0.05) is 36.1 Å². The first-order chi connectivity index (χ1) is 16.3. The molecule has 0 spiro atoms. The van der Waals surface area contributed by atoms with Crippen LogP contribution < -0.4 is 4.18 Å². The van der Waals surface area contributed by atoms with Gasteiger partial charge in [0.05, 0.1) is 4.91 Å². The summed E-state index contributed by atoms with van der Waals surface area (Å²) < 4.78 is 32.1. The van der Waals surface area contributed by atoms with Crippen molar-refractivity contribution in [2.75, 3.05) is 6.54 Å². The van der Waals surface area contributed by atoms with Gasteiger partial charge in [-0.15, -0.1) is 0 Å². The lowest BCUT2D eigenvalue weighted by Gasteiger charge is -2.18. The predicted octanol–water partition coefficient (Wildman–Crippen LogP) is 5.06. The predicted molar refractivity (Wildman–Crippen MR) is 141 cm³/mol. The molecule has 7 nitrogen and oxygen atoms in total. The van der Waals surface area contributed by atoms with Crippen LogP contribution in [-0.2, 0) is 19.7 Å². The van der Waals surface area contributed by atoms with Gasteiger partial charge in [0.2, 0.25) is 0 Å². The summed E-state index contributed by atoms with van der Waals surface area (Å²) in [7, 11) is -4.05. The molecule has 0 unspecified atom stereocenters. The third kappa shape index (κ3) is 5.76. The van der Waals surface area contributed by atoms with Crippen molar-refractivity contribution < 1.29 is 27.3 Å². The topological polar surface area (TPSA) is 101 Å². The first kappa shape index (κ1) is 26.9. The van der Waals surface area contributed by atoms with Gasteiger partial charge in [-0.25, -0.2) is 0 Å². The first-order valence-corrected chi connectivity index (χ1v) is 13.6. The van der Waals surface area contributed by atoms with E-state index in [0.717, 1.165) is 28.5 Å². The van der Waals surface area contributed by atoms with Gasteiger partial charge in [0.25, 0.3) is 5.91 Å². The summed E-state index contributed by atoms with van der Waals surface area (Å²) in [5.41, 5.74) is 4.93. The van der Waals surface area contributed by atoms with Crippen LogP contribution in [0.5, 0.6) is 5.75 Å². The summed E-state index contributed by atoms with van der Waals surface area (Å²) in [5, 5.41) is 8.79. The van der Waals surface area contributed by atoms with Crippen molar-refractivity contribution in [2.24, 2.45) is 0 Å². The van der Waals surface area contributed by atoms with Gasteiger partial charge in [0, 0.05) is 13.0 Å². The van der Waals surface area contributed by atoms with E-state index in [4.69, 9.17) is 21.5 Å². The normalized spacial score (nSPS) is 15.2. The molecule has 2 aromatic rings. The Labute approximate surface area is 215 Å². The zero-order valence-corrected chi connectivity index (χ0v) is 22.6. The number of carbonyl (C=O) groups excluding carboxylic acids is 1. The number of thiocarbonyl (C=S) groups is 1. The lowest BCUT2D eigenvalue weighted by atomic mass is 9.95. The highest BCUT2D eigenvalue weighted by Crippen LogP contribution is 2.34. The van der Waals surface area contributed by atoms with Crippen molar-refractivity contribution in [3.05, 3.63) is 62.6 Å². The van der Waals surface area contributed by atoms with Crippen LogP contribution >= 0.6 is 24.0 Å². The lowest BCUT2D eigenvalue weighted by Crippen LogP contribution is -2.29. The molecule has 186 valence electrons. The highest BCUT2D eigenvalue weighted by Gasteiger charge is 2.31. The van der Waals surface area contributed by atoms with Crippen LogP contribution in [0.15, 0.2) is 34.1 Å². The van der Waals surface area contributed by atoms with Crippen molar-refractivity contribution in [1.82, 2.24) is 4.90 Å². The van der Waals surface area contributed by atoms with E-state index in [0.29, 0.717) is 32.3 Å². The number of benzene rings is 2. The molecule has 1 N–H and O–H groups in total. The second kappa shape index (κ2) is 10.5. The van der Waals surface area contributed by atoms with Crippen molar-refractivity contribution in [3.8, 4) is 5.75 Å². The van der Waals surface area contributed by atoms with E-state index in [1.165, 1.54) is 17.0 Å². The maximum Gasteiger partial charge on any atom is 0.339 e.